The van der Waals surface area contributed by atoms with Crippen molar-refractivity contribution in [1.29, 1.82) is 0 Å². The number of aliphatic hydroxyl groups excluding tert-OH is 1. The molecule has 0 unspecified atom stereocenters. The van der Waals surface area contributed by atoms with Crippen LogP contribution in [0.25, 0.3) is 0 Å². The van der Waals surface area contributed by atoms with Crippen molar-refractivity contribution in [2.45, 2.75) is 26.1 Å². The number of nitrogens with zero attached hydrogens (tertiary/aromatic N) is 1. The molecule has 0 spiro atoms. The number of para-hydroxylation sites is 2. The van der Waals surface area contributed by atoms with Gasteiger partial charge in [0.1, 0.15) is 18.4 Å². The highest BCUT2D eigenvalue weighted by atomic mass is 16.5. The van der Waals surface area contributed by atoms with E-state index in [0.29, 0.717) is 6.61 Å². The second-order valence-electron chi connectivity index (χ2n) is 6.15. The first-order valence-corrected chi connectivity index (χ1v) is 8.11. The van der Waals surface area contributed by atoms with Crippen molar-refractivity contribution in [2.24, 2.45) is 0 Å². The number of methoxy groups -OCH3 is 1. The van der Waals surface area contributed by atoms with E-state index >= 15 is 0 Å². The number of aliphatic hydroxyl groups is 1. The minimum Gasteiger partial charge on any atom is -0.495 e. The molecule has 0 amide bonds. The van der Waals surface area contributed by atoms with Gasteiger partial charge in [-0.2, -0.15) is 0 Å². The molecule has 1 aromatic rings. The molecule has 0 aromatic heterocycles. The van der Waals surface area contributed by atoms with Crippen LogP contribution in [-0.2, 0) is 4.74 Å². The van der Waals surface area contributed by atoms with E-state index in [0.717, 1.165) is 44.2 Å². The lowest BCUT2D eigenvalue weighted by Gasteiger charge is -2.35. The fraction of sp³-hybridized carbons (Fsp3) is 0.647. The number of hydrogen-bond donors (Lipinski definition) is 2. The predicted octanol–water partition coefficient (Wildman–Crippen LogP) is 0.186. The highest BCUT2D eigenvalue weighted by Crippen LogP contribution is 2.27. The molecule has 1 aliphatic heterocycles. The molecule has 0 radical (unpaired) electrons. The molecule has 0 bridgehead atoms. The maximum Gasteiger partial charge on any atom is 0.142 e. The molecule has 0 saturated carbocycles. The van der Waals surface area contributed by atoms with Gasteiger partial charge in [0.05, 0.1) is 51.7 Å². The molecule has 1 atom stereocenters. The third-order valence-electron chi connectivity index (χ3n) is 4.04. The minimum absolute atomic E-state index is 0.173. The van der Waals surface area contributed by atoms with Crippen molar-refractivity contribution in [1.82, 2.24) is 0 Å². The summed E-state index contributed by atoms with van der Waals surface area (Å²) in [4.78, 5) is 3.80. The van der Waals surface area contributed by atoms with E-state index in [-0.39, 0.29) is 12.2 Å². The van der Waals surface area contributed by atoms with Crippen LogP contribution in [0.2, 0.25) is 0 Å². The first-order valence-electron chi connectivity index (χ1n) is 8.11. The third-order valence-corrected chi connectivity index (χ3v) is 4.04. The zero-order chi connectivity index (χ0) is 15.9. The number of rotatable bonds is 7. The topological polar surface area (TPSA) is 46.4 Å². The van der Waals surface area contributed by atoms with Crippen LogP contribution in [0.4, 0.5) is 5.69 Å². The number of benzene rings is 1. The van der Waals surface area contributed by atoms with Crippen molar-refractivity contribution in [3.8, 4) is 5.75 Å². The summed E-state index contributed by atoms with van der Waals surface area (Å²) in [5.41, 5.74) is 1.16. The van der Waals surface area contributed by atoms with Crippen molar-refractivity contribution in [3.63, 3.8) is 0 Å². The van der Waals surface area contributed by atoms with Gasteiger partial charge >= 0.3 is 0 Å². The quantitative estimate of drug-likeness (QED) is 0.755. The first-order chi connectivity index (χ1) is 10.6. The normalized spacial score (nSPS) is 17.8. The van der Waals surface area contributed by atoms with Crippen LogP contribution in [0.15, 0.2) is 24.3 Å². The molecule has 2 rings (SSSR count). The first kappa shape index (κ1) is 17.1. The van der Waals surface area contributed by atoms with E-state index in [2.05, 4.69) is 11.0 Å². The molecule has 5 heteroatoms. The molecular formula is C17H29N2O3+. The van der Waals surface area contributed by atoms with Crippen molar-refractivity contribution in [2.75, 3.05) is 51.3 Å². The highest BCUT2D eigenvalue weighted by molar-refractivity contribution is 5.58. The van der Waals surface area contributed by atoms with E-state index in [9.17, 15) is 5.11 Å². The Balaban J connectivity index is 1.80. The Bertz CT molecular complexity index is 445. The second-order valence-corrected chi connectivity index (χ2v) is 6.15. The molecule has 1 heterocycles. The van der Waals surface area contributed by atoms with Crippen molar-refractivity contribution < 1.29 is 19.5 Å². The molecule has 1 aromatic carbocycles. The monoisotopic (exact) mass is 309 g/mol. The number of anilines is 1. The maximum absolute atomic E-state index is 10.0. The molecule has 5 nitrogen and oxygen atoms in total. The van der Waals surface area contributed by atoms with Crippen LogP contribution >= 0.6 is 0 Å². The number of hydrogen-bond acceptors (Lipinski definition) is 4. The van der Waals surface area contributed by atoms with Crippen LogP contribution in [0.1, 0.15) is 13.8 Å². The number of quaternary nitrogens is 1. The van der Waals surface area contributed by atoms with E-state index in [1.54, 1.807) is 7.11 Å². The van der Waals surface area contributed by atoms with Gasteiger partial charge in [0.15, 0.2) is 0 Å². The van der Waals surface area contributed by atoms with Crippen LogP contribution < -0.4 is 14.5 Å². The zero-order valence-corrected chi connectivity index (χ0v) is 13.9. The molecule has 1 fully saturated rings. The summed E-state index contributed by atoms with van der Waals surface area (Å²) < 4.78 is 10.9. The molecule has 22 heavy (non-hydrogen) atoms. The Kier molecular flexibility index (Phi) is 6.49. The predicted molar refractivity (Wildman–Crippen MR) is 87.9 cm³/mol. The summed E-state index contributed by atoms with van der Waals surface area (Å²) in [5.74, 6) is 0.927. The fourth-order valence-electron chi connectivity index (χ4n) is 2.85. The molecule has 124 valence electrons. The van der Waals surface area contributed by atoms with Gasteiger partial charge in [-0.1, -0.05) is 12.1 Å². The largest absolute Gasteiger partial charge is 0.495 e. The Morgan fingerprint density at radius 3 is 2.55 bits per heavy atom. The van der Waals surface area contributed by atoms with Crippen LogP contribution in [0, 0.1) is 0 Å². The lowest BCUT2D eigenvalue weighted by molar-refractivity contribution is -0.903. The molecule has 0 aliphatic carbocycles. The van der Waals surface area contributed by atoms with Gasteiger partial charge < -0.3 is 24.4 Å². The summed E-state index contributed by atoms with van der Waals surface area (Å²) in [7, 11) is 1.71. The van der Waals surface area contributed by atoms with Gasteiger partial charge in [-0.3, -0.25) is 0 Å². The van der Waals surface area contributed by atoms with Gasteiger partial charge in [0.2, 0.25) is 0 Å². The molecule has 1 aliphatic rings. The van der Waals surface area contributed by atoms with Crippen molar-refractivity contribution >= 4 is 5.69 Å². The number of nitrogens with one attached hydrogen (secondary N) is 1. The van der Waals surface area contributed by atoms with Gasteiger partial charge in [-0.25, -0.2) is 0 Å². The van der Waals surface area contributed by atoms with Crippen LogP contribution in [0.5, 0.6) is 5.75 Å². The van der Waals surface area contributed by atoms with Gasteiger partial charge in [-0.05, 0) is 26.0 Å². The fourth-order valence-corrected chi connectivity index (χ4v) is 2.85. The lowest BCUT2D eigenvalue weighted by Crippen LogP contribution is -3.16. The summed E-state index contributed by atoms with van der Waals surface area (Å²) >= 11 is 0. The molecule has 2 N–H and O–H groups in total. The second kappa shape index (κ2) is 8.36. The SMILES string of the molecule is COc1ccccc1N1CC[NH+](C[C@H](O)COC(C)C)CC1. The molecular weight excluding hydrogens is 280 g/mol. The molecule has 1 saturated heterocycles. The average Bonchev–Trinajstić information content (AvgIpc) is 2.53. The number of ether oxygens (including phenoxy) is 2. The number of piperazine rings is 1. The van der Waals surface area contributed by atoms with Crippen LogP contribution in [0.3, 0.4) is 0 Å². The van der Waals surface area contributed by atoms with E-state index in [4.69, 9.17) is 9.47 Å². The average molecular weight is 309 g/mol. The standard InChI is InChI=1S/C17H28N2O3/c1-14(2)22-13-15(20)12-18-8-10-19(11-9-18)16-6-4-5-7-17(16)21-3/h4-7,14-15,20H,8-13H2,1-3H3/p+1/t15-/m0/s1. The Morgan fingerprint density at radius 1 is 1.23 bits per heavy atom. The minimum atomic E-state index is -0.379. The lowest BCUT2D eigenvalue weighted by atomic mass is 10.2. The van der Waals surface area contributed by atoms with Gasteiger partial charge in [-0.15, -0.1) is 0 Å². The summed E-state index contributed by atoms with van der Waals surface area (Å²) in [6.45, 7) is 9.18. The highest BCUT2D eigenvalue weighted by Gasteiger charge is 2.24. The Hall–Kier alpha value is -1.30. The van der Waals surface area contributed by atoms with E-state index in [1.165, 1.54) is 4.90 Å². The van der Waals surface area contributed by atoms with Gasteiger partial charge in [0.25, 0.3) is 0 Å². The summed E-state index contributed by atoms with van der Waals surface area (Å²) in [6.07, 6.45) is -0.206. The van der Waals surface area contributed by atoms with Crippen LogP contribution in [-0.4, -0.2) is 63.8 Å². The smallest absolute Gasteiger partial charge is 0.142 e. The maximum atomic E-state index is 10.0. The third kappa shape index (κ3) is 4.87. The van der Waals surface area contributed by atoms with Gasteiger partial charge in [0, 0.05) is 0 Å². The van der Waals surface area contributed by atoms with E-state index in [1.807, 2.05) is 32.0 Å². The summed E-state index contributed by atoms with van der Waals surface area (Å²) in [6, 6.07) is 8.15. The van der Waals surface area contributed by atoms with E-state index < -0.39 is 0 Å². The Labute approximate surface area is 133 Å². The Morgan fingerprint density at radius 2 is 1.91 bits per heavy atom. The summed E-state index contributed by atoms with van der Waals surface area (Å²) in [5, 5.41) is 10.0. The zero-order valence-electron chi connectivity index (χ0n) is 13.9. The van der Waals surface area contributed by atoms with Crippen molar-refractivity contribution in [3.05, 3.63) is 24.3 Å².